The second-order valence-electron chi connectivity index (χ2n) is 4.83. The Labute approximate surface area is 112 Å². The van der Waals surface area contributed by atoms with E-state index in [0.29, 0.717) is 12.1 Å². The first-order chi connectivity index (χ1) is 8.25. The molecule has 1 saturated heterocycles. The van der Waals surface area contributed by atoms with Gasteiger partial charge in [-0.3, -0.25) is 0 Å². The first-order valence-corrected chi connectivity index (χ1v) is 7.27. The molecule has 2 N–H and O–H groups in total. The van der Waals surface area contributed by atoms with Gasteiger partial charge in [0.05, 0.1) is 0 Å². The van der Waals surface area contributed by atoms with Crippen molar-refractivity contribution in [2.75, 3.05) is 13.1 Å². The van der Waals surface area contributed by atoms with Crippen LogP contribution in [0.4, 0.5) is 0 Å². The Morgan fingerprint density at radius 3 is 3.06 bits per heavy atom. The Morgan fingerprint density at radius 1 is 1.47 bits per heavy atom. The molecule has 1 aliphatic rings. The molecule has 1 fully saturated rings. The zero-order valence-electron chi connectivity index (χ0n) is 10.4. The van der Waals surface area contributed by atoms with Gasteiger partial charge in [0.2, 0.25) is 0 Å². The van der Waals surface area contributed by atoms with E-state index in [-0.39, 0.29) is 0 Å². The molecule has 94 valence electrons. The number of hydrogen-bond donors (Lipinski definition) is 2. The standard InChI is InChI=1S/C14H21BrN2/c1-11(12-5-4-6-13(15)9-12)17-10-14-7-2-3-8-16-14/h4-6,9,11,14,16-17H,2-3,7-8,10H2,1H3/t11-,14?/m1/s1. The van der Waals surface area contributed by atoms with Gasteiger partial charge in [-0.15, -0.1) is 0 Å². The fourth-order valence-electron chi connectivity index (χ4n) is 2.31. The van der Waals surface area contributed by atoms with E-state index in [9.17, 15) is 0 Å². The zero-order chi connectivity index (χ0) is 12.1. The van der Waals surface area contributed by atoms with Crippen LogP contribution in [-0.4, -0.2) is 19.1 Å². The van der Waals surface area contributed by atoms with Gasteiger partial charge in [0.15, 0.2) is 0 Å². The fraction of sp³-hybridized carbons (Fsp3) is 0.571. The maximum Gasteiger partial charge on any atom is 0.0292 e. The Kier molecular flexibility index (Phi) is 5.01. The van der Waals surface area contributed by atoms with Gasteiger partial charge >= 0.3 is 0 Å². The summed E-state index contributed by atoms with van der Waals surface area (Å²) >= 11 is 3.52. The molecule has 1 unspecified atom stereocenters. The van der Waals surface area contributed by atoms with Crippen LogP contribution < -0.4 is 10.6 Å². The minimum Gasteiger partial charge on any atom is -0.313 e. The van der Waals surface area contributed by atoms with Gasteiger partial charge in [0.25, 0.3) is 0 Å². The highest BCUT2D eigenvalue weighted by molar-refractivity contribution is 9.10. The van der Waals surface area contributed by atoms with Crippen molar-refractivity contribution in [1.29, 1.82) is 0 Å². The van der Waals surface area contributed by atoms with Gasteiger partial charge in [-0.25, -0.2) is 0 Å². The molecule has 2 atom stereocenters. The quantitative estimate of drug-likeness (QED) is 0.891. The second kappa shape index (κ2) is 6.53. The van der Waals surface area contributed by atoms with Crippen LogP contribution in [0.2, 0.25) is 0 Å². The number of nitrogens with one attached hydrogen (secondary N) is 2. The van der Waals surface area contributed by atoms with Crippen molar-refractivity contribution in [3.8, 4) is 0 Å². The predicted molar refractivity (Wildman–Crippen MR) is 76.2 cm³/mol. The molecule has 2 nitrogen and oxygen atoms in total. The summed E-state index contributed by atoms with van der Waals surface area (Å²) in [5.74, 6) is 0. The minimum absolute atomic E-state index is 0.413. The highest BCUT2D eigenvalue weighted by Gasteiger charge is 2.13. The molecule has 0 spiro atoms. The summed E-state index contributed by atoms with van der Waals surface area (Å²) in [6.07, 6.45) is 4.00. The highest BCUT2D eigenvalue weighted by Crippen LogP contribution is 2.18. The van der Waals surface area contributed by atoms with Gasteiger partial charge in [0, 0.05) is 23.1 Å². The number of hydrogen-bond acceptors (Lipinski definition) is 2. The van der Waals surface area contributed by atoms with Crippen molar-refractivity contribution in [3.05, 3.63) is 34.3 Å². The Morgan fingerprint density at radius 2 is 2.35 bits per heavy atom. The number of benzene rings is 1. The smallest absolute Gasteiger partial charge is 0.0292 e. The van der Waals surface area contributed by atoms with Crippen molar-refractivity contribution in [2.45, 2.75) is 38.3 Å². The van der Waals surface area contributed by atoms with Crippen LogP contribution in [0.3, 0.4) is 0 Å². The molecule has 1 aliphatic heterocycles. The molecular formula is C14H21BrN2. The zero-order valence-corrected chi connectivity index (χ0v) is 12.0. The molecule has 0 radical (unpaired) electrons. The summed E-state index contributed by atoms with van der Waals surface area (Å²) in [5, 5.41) is 7.18. The van der Waals surface area contributed by atoms with Gasteiger partial charge in [-0.1, -0.05) is 34.5 Å². The molecule has 0 amide bonds. The van der Waals surface area contributed by atoms with Crippen LogP contribution in [0.1, 0.15) is 37.8 Å². The monoisotopic (exact) mass is 296 g/mol. The first kappa shape index (κ1) is 13.1. The Hall–Kier alpha value is -0.380. The largest absolute Gasteiger partial charge is 0.313 e. The lowest BCUT2D eigenvalue weighted by atomic mass is 10.0. The predicted octanol–water partition coefficient (Wildman–Crippen LogP) is 3.24. The first-order valence-electron chi connectivity index (χ1n) is 6.48. The summed E-state index contributed by atoms with van der Waals surface area (Å²) in [7, 11) is 0. The molecule has 0 saturated carbocycles. The van der Waals surface area contributed by atoms with Crippen molar-refractivity contribution < 1.29 is 0 Å². The lowest BCUT2D eigenvalue weighted by Gasteiger charge is -2.25. The number of rotatable bonds is 4. The van der Waals surface area contributed by atoms with Crippen LogP contribution in [0.25, 0.3) is 0 Å². The molecule has 0 bridgehead atoms. The third-order valence-corrected chi connectivity index (χ3v) is 3.92. The third-order valence-electron chi connectivity index (χ3n) is 3.43. The van der Waals surface area contributed by atoms with E-state index in [4.69, 9.17) is 0 Å². The molecule has 1 aromatic carbocycles. The Bertz CT molecular complexity index is 348. The molecule has 0 aliphatic carbocycles. The average molecular weight is 297 g/mol. The highest BCUT2D eigenvalue weighted by atomic mass is 79.9. The van der Waals surface area contributed by atoms with Crippen LogP contribution >= 0.6 is 15.9 Å². The van der Waals surface area contributed by atoms with Gasteiger partial charge in [0.1, 0.15) is 0 Å². The van der Waals surface area contributed by atoms with E-state index in [0.717, 1.165) is 11.0 Å². The summed E-state index contributed by atoms with van der Waals surface area (Å²) in [4.78, 5) is 0. The van der Waals surface area contributed by atoms with Crippen molar-refractivity contribution in [1.82, 2.24) is 10.6 Å². The topological polar surface area (TPSA) is 24.1 Å². The minimum atomic E-state index is 0.413. The van der Waals surface area contributed by atoms with Crippen LogP contribution in [-0.2, 0) is 0 Å². The second-order valence-corrected chi connectivity index (χ2v) is 5.75. The van der Waals surface area contributed by atoms with Crippen molar-refractivity contribution in [3.63, 3.8) is 0 Å². The molecule has 0 aromatic heterocycles. The maximum absolute atomic E-state index is 3.61. The van der Waals surface area contributed by atoms with Crippen LogP contribution in [0.15, 0.2) is 28.7 Å². The van der Waals surface area contributed by atoms with E-state index in [2.05, 4.69) is 57.8 Å². The molecule has 1 aromatic rings. The van der Waals surface area contributed by atoms with Crippen LogP contribution in [0.5, 0.6) is 0 Å². The number of halogens is 1. The SMILES string of the molecule is C[C@@H](NCC1CCCCN1)c1cccc(Br)c1. The molecule has 3 heteroatoms. The van der Waals surface area contributed by atoms with Crippen LogP contribution in [0, 0.1) is 0 Å². The average Bonchev–Trinajstić information content (AvgIpc) is 2.37. The lowest BCUT2D eigenvalue weighted by molar-refractivity contribution is 0.371. The third kappa shape index (κ3) is 4.09. The van der Waals surface area contributed by atoms with E-state index >= 15 is 0 Å². The maximum atomic E-state index is 3.61. The van der Waals surface area contributed by atoms with Gasteiger partial charge < -0.3 is 10.6 Å². The summed E-state index contributed by atoms with van der Waals surface area (Å²) in [5.41, 5.74) is 1.34. The molecule has 2 rings (SSSR count). The van der Waals surface area contributed by atoms with E-state index in [1.54, 1.807) is 0 Å². The van der Waals surface area contributed by atoms with Crippen molar-refractivity contribution >= 4 is 15.9 Å². The van der Waals surface area contributed by atoms with Gasteiger partial charge in [-0.05, 0) is 44.0 Å². The molecule has 1 heterocycles. The number of piperidine rings is 1. The fourth-order valence-corrected chi connectivity index (χ4v) is 2.73. The van der Waals surface area contributed by atoms with E-state index in [1.165, 1.54) is 31.4 Å². The van der Waals surface area contributed by atoms with E-state index < -0.39 is 0 Å². The summed E-state index contributed by atoms with van der Waals surface area (Å²) in [6.45, 7) is 4.47. The van der Waals surface area contributed by atoms with E-state index in [1.807, 2.05) is 0 Å². The van der Waals surface area contributed by atoms with Crippen molar-refractivity contribution in [2.24, 2.45) is 0 Å². The summed E-state index contributed by atoms with van der Waals surface area (Å²) < 4.78 is 1.15. The normalized spacial score (nSPS) is 22.4. The molecule has 17 heavy (non-hydrogen) atoms. The Balaban J connectivity index is 1.82. The van der Waals surface area contributed by atoms with Gasteiger partial charge in [-0.2, -0.15) is 0 Å². The lowest BCUT2D eigenvalue weighted by Crippen LogP contribution is -2.42. The summed E-state index contributed by atoms with van der Waals surface area (Å²) in [6, 6.07) is 9.59. The molecular weight excluding hydrogens is 276 g/mol.